The highest BCUT2D eigenvalue weighted by molar-refractivity contribution is 6.00. The van der Waals surface area contributed by atoms with Crippen molar-refractivity contribution in [2.75, 3.05) is 13.3 Å². The van der Waals surface area contributed by atoms with Crippen LogP contribution in [0.5, 0.6) is 0 Å². The summed E-state index contributed by atoms with van der Waals surface area (Å²) in [5, 5.41) is 0. The Hall–Kier alpha value is -2.00. The first-order valence-electron chi connectivity index (χ1n) is 6.14. The summed E-state index contributed by atoms with van der Waals surface area (Å²) in [6.07, 6.45) is -0.751. The minimum atomic E-state index is -0.751. The van der Waals surface area contributed by atoms with Gasteiger partial charge in [0, 0.05) is 5.56 Å². The number of halogens is 1. The number of Topliss-reactive ketones (excluding diaryl/α,β-unsaturated/α-hetero) is 1. The highest BCUT2D eigenvalue weighted by Gasteiger charge is 2.22. The summed E-state index contributed by atoms with van der Waals surface area (Å²) < 4.78 is 17.7. The lowest BCUT2D eigenvalue weighted by Gasteiger charge is -2.16. The Bertz CT molecular complexity index is 511. The molecule has 0 aromatic heterocycles. The minimum Gasteiger partial charge on any atom is -0.363 e. The zero-order valence-corrected chi connectivity index (χ0v) is 10.5. The number of ketones is 1. The molecule has 0 N–H and O–H groups in total. The number of rotatable bonds is 6. The minimum absolute atomic E-state index is 0.0852. The first kappa shape index (κ1) is 13.4. The predicted molar refractivity (Wildman–Crippen MR) is 71.9 cm³/mol. The molecule has 2 nitrogen and oxygen atoms in total. The molecule has 0 saturated heterocycles. The molecular weight excluding hydrogens is 243 g/mol. The summed E-state index contributed by atoms with van der Waals surface area (Å²) in [6, 6.07) is 18.1. The predicted octanol–water partition coefficient (Wildman–Crippen LogP) is 3.60. The summed E-state index contributed by atoms with van der Waals surface area (Å²) in [7, 11) is 0. The molecule has 3 heteroatoms. The molecule has 98 valence electrons. The first-order valence-corrected chi connectivity index (χ1v) is 6.14. The molecule has 0 aliphatic heterocycles. The molecule has 1 unspecified atom stereocenters. The van der Waals surface area contributed by atoms with E-state index in [1.165, 1.54) is 0 Å². The number of hydrogen-bond donors (Lipinski definition) is 0. The lowest BCUT2D eigenvalue weighted by Crippen LogP contribution is -2.17. The average Bonchev–Trinajstić information content (AvgIpc) is 2.49. The fourth-order valence-corrected chi connectivity index (χ4v) is 1.87. The summed E-state index contributed by atoms with van der Waals surface area (Å²) in [5.41, 5.74) is 1.31. The van der Waals surface area contributed by atoms with Crippen molar-refractivity contribution in [2.24, 2.45) is 0 Å². The Balaban J connectivity index is 2.25. The van der Waals surface area contributed by atoms with Crippen molar-refractivity contribution in [1.82, 2.24) is 0 Å². The fraction of sp³-hybridized carbons (Fsp3) is 0.188. The molecule has 0 radical (unpaired) electrons. The summed E-state index contributed by atoms with van der Waals surface area (Å²) in [4.78, 5) is 12.4. The summed E-state index contributed by atoms with van der Waals surface area (Å²) in [5.74, 6) is -0.153. The maximum absolute atomic E-state index is 12.4. The maximum Gasteiger partial charge on any atom is 0.196 e. The van der Waals surface area contributed by atoms with E-state index in [0.717, 1.165) is 5.56 Å². The molecule has 0 aliphatic carbocycles. The van der Waals surface area contributed by atoms with Gasteiger partial charge in [-0.3, -0.25) is 4.79 Å². The normalized spacial score (nSPS) is 12.1. The van der Waals surface area contributed by atoms with E-state index >= 15 is 0 Å². The van der Waals surface area contributed by atoms with E-state index < -0.39 is 12.8 Å². The third-order valence-electron chi connectivity index (χ3n) is 2.76. The maximum atomic E-state index is 12.4. The molecule has 2 aromatic rings. The molecule has 0 spiro atoms. The van der Waals surface area contributed by atoms with Crippen LogP contribution >= 0.6 is 0 Å². The number of hydrogen-bond acceptors (Lipinski definition) is 2. The number of ether oxygens (including phenoxy) is 1. The van der Waals surface area contributed by atoms with Crippen molar-refractivity contribution >= 4 is 5.78 Å². The molecule has 0 bridgehead atoms. The van der Waals surface area contributed by atoms with E-state index in [4.69, 9.17) is 4.74 Å². The van der Waals surface area contributed by atoms with Crippen LogP contribution in [0.3, 0.4) is 0 Å². The van der Waals surface area contributed by atoms with Crippen molar-refractivity contribution < 1.29 is 13.9 Å². The monoisotopic (exact) mass is 258 g/mol. The van der Waals surface area contributed by atoms with Crippen LogP contribution in [0.15, 0.2) is 60.7 Å². The van der Waals surface area contributed by atoms with E-state index in [1.807, 2.05) is 36.4 Å². The van der Waals surface area contributed by atoms with E-state index in [-0.39, 0.29) is 12.4 Å². The molecule has 0 aliphatic rings. The molecule has 0 saturated carbocycles. The third kappa shape index (κ3) is 3.48. The topological polar surface area (TPSA) is 26.3 Å². The van der Waals surface area contributed by atoms with E-state index in [0.29, 0.717) is 5.56 Å². The van der Waals surface area contributed by atoms with Crippen molar-refractivity contribution in [2.45, 2.75) is 6.10 Å². The Kier molecular flexibility index (Phi) is 4.81. The lowest BCUT2D eigenvalue weighted by molar-refractivity contribution is 0.0359. The number of carbonyl (C=O) groups is 1. The molecule has 0 amide bonds. The fourth-order valence-electron chi connectivity index (χ4n) is 1.87. The van der Waals surface area contributed by atoms with Crippen LogP contribution in [-0.4, -0.2) is 19.1 Å². The summed E-state index contributed by atoms with van der Waals surface area (Å²) >= 11 is 0. The van der Waals surface area contributed by atoms with Crippen LogP contribution in [0.4, 0.5) is 4.39 Å². The van der Waals surface area contributed by atoms with Crippen molar-refractivity contribution in [1.29, 1.82) is 0 Å². The number of carbonyl (C=O) groups excluding carboxylic acids is 1. The van der Waals surface area contributed by atoms with Gasteiger partial charge < -0.3 is 4.74 Å². The van der Waals surface area contributed by atoms with Gasteiger partial charge in [-0.25, -0.2) is 4.39 Å². The molecule has 2 rings (SSSR count). The number of benzene rings is 2. The van der Waals surface area contributed by atoms with Crippen LogP contribution in [0.1, 0.15) is 22.0 Å². The van der Waals surface area contributed by atoms with Crippen LogP contribution < -0.4 is 0 Å². The average molecular weight is 258 g/mol. The number of alkyl halides is 1. The van der Waals surface area contributed by atoms with E-state index in [1.54, 1.807) is 24.3 Å². The molecule has 0 heterocycles. The van der Waals surface area contributed by atoms with Crippen LogP contribution in [-0.2, 0) is 4.74 Å². The smallest absolute Gasteiger partial charge is 0.196 e. The second kappa shape index (κ2) is 6.81. The highest BCUT2D eigenvalue weighted by atomic mass is 19.1. The SMILES string of the molecule is O=C(c1ccccc1)C(OCCF)c1ccccc1. The van der Waals surface area contributed by atoms with E-state index in [2.05, 4.69) is 0 Å². The van der Waals surface area contributed by atoms with Gasteiger partial charge in [0.25, 0.3) is 0 Å². The standard InChI is InChI=1S/C16H15FO2/c17-11-12-19-16(14-9-5-2-6-10-14)15(18)13-7-3-1-4-8-13/h1-10,16H,11-12H2. The van der Waals surface area contributed by atoms with Gasteiger partial charge in [-0.2, -0.15) is 0 Å². The van der Waals surface area contributed by atoms with Gasteiger partial charge in [0.05, 0.1) is 6.61 Å². The van der Waals surface area contributed by atoms with Crippen LogP contribution in [0.2, 0.25) is 0 Å². The van der Waals surface area contributed by atoms with Crippen molar-refractivity contribution in [3.63, 3.8) is 0 Å². The molecule has 0 fully saturated rings. The highest BCUT2D eigenvalue weighted by Crippen LogP contribution is 2.22. The van der Waals surface area contributed by atoms with Crippen LogP contribution in [0, 0.1) is 0 Å². The van der Waals surface area contributed by atoms with Gasteiger partial charge >= 0.3 is 0 Å². The zero-order chi connectivity index (χ0) is 13.5. The van der Waals surface area contributed by atoms with Gasteiger partial charge in [0.15, 0.2) is 5.78 Å². The second-order valence-electron chi connectivity index (χ2n) is 4.08. The Morgan fingerprint density at radius 3 is 2.16 bits per heavy atom. The van der Waals surface area contributed by atoms with Gasteiger partial charge in [-0.05, 0) is 5.56 Å². The Labute approximate surface area is 111 Å². The van der Waals surface area contributed by atoms with Crippen molar-refractivity contribution in [3.8, 4) is 0 Å². The molecular formula is C16H15FO2. The zero-order valence-electron chi connectivity index (χ0n) is 10.5. The third-order valence-corrected chi connectivity index (χ3v) is 2.76. The largest absolute Gasteiger partial charge is 0.363 e. The lowest BCUT2D eigenvalue weighted by atomic mass is 10.00. The Morgan fingerprint density at radius 1 is 1.00 bits per heavy atom. The molecule has 1 atom stereocenters. The van der Waals surface area contributed by atoms with Crippen molar-refractivity contribution in [3.05, 3.63) is 71.8 Å². The first-order chi connectivity index (χ1) is 9.33. The van der Waals surface area contributed by atoms with Gasteiger partial charge in [-0.15, -0.1) is 0 Å². The quantitative estimate of drug-likeness (QED) is 0.740. The van der Waals surface area contributed by atoms with E-state index in [9.17, 15) is 9.18 Å². The molecule has 2 aromatic carbocycles. The van der Waals surface area contributed by atoms with Gasteiger partial charge in [-0.1, -0.05) is 60.7 Å². The molecule has 19 heavy (non-hydrogen) atoms. The second-order valence-corrected chi connectivity index (χ2v) is 4.08. The van der Waals surface area contributed by atoms with Crippen LogP contribution in [0.25, 0.3) is 0 Å². The Morgan fingerprint density at radius 2 is 1.58 bits per heavy atom. The summed E-state index contributed by atoms with van der Waals surface area (Å²) in [6.45, 7) is -0.691. The van der Waals surface area contributed by atoms with Gasteiger partial charge in [0.2, 0.25) is 0 Å². The van der Waals surface area contributed by atoms with Gasteiger partial charge in [0.1, 0.15) is 12.8 Å².